The molecule has 5 heteroatoms. The monoisotopic (exact) mass is 274 g/mol. The molecule has 0 saturated carbocycles. The van der Waals surface area contributed by atoms with Crippen molar-refractivity contribution < 1.29 is 9.50 Å². The van der Waals surface area contributed by atoms with E-state index >= 15 is 0 Å². The Morgan fingerprint density at radius 2 is 1.94 bits per heavy atom. The van der Waals surface area contributed by atoms with E-state index in [1.807, 2.05) is 12.1 Å². The van der Waals surface area contributed by atoms with Crippen LogP contribution >= 0.6 is 12.4 Å². The number of halogens is 2. The number of benzene rings is 1. The highest BCUT2D eigenvalue weighted by molar-refractivity contribution is 5.85. The average molecular weight is 275 g/mol. The van der Waals surface area contributed by atoms with Gasteiger partial charge in [0.2, 0.25) is 0 Å². The first kappa shape index (κ1) is 15.4. The van der Waals surface area contributed by atoms with Crippen LogP contribution in [-0.2, 0) is 0 Å². The zero-order valence-electron chi connectivity index (χ0n) is 10.3. The molecule has 2 rings (SSSR count). The van der Waals surface area contributed by atoms with E-state index in [2.05, 4.69) is 10.2 Å². The maximum Gasteiger partial charge on any atom is 0.127 e. The summed E-state index contributed by atoms with van der Waals surface area (Å²) < 4.78 is 13.8. The average Bonchev–Trinajstić information content (AvgIpc) is 2.38. The van der Waals surface area contributed by atoms with E-state index in [1.54, 1.807) is 6.07 Å². The molecule has 1 aromatic rings. The van der Waals surface area contributed by atoms with E-state index in [-0.39, 0.29) is 30.9 Å². The topological polar surface area (TPSA) is 35.5 Å². The number of rotatable bonds is 4. The molecule has 0 aliphatic carbocycles. The Morgan fingerprint density at radius 1 is 1.28 bits per heavy atom. The maximum absolute atomic E-state index is 13.8. The van der Waals surface area contributed by atoms with Gasteiger partial charge in [0.15, 0.2) is 0 Å². The van der Waals surface area contributed by atoms with Crippen LogP contribution in [0.5, 0.6) is 0 Å². The van der Waals surface area contributed by atoms with Crippen LogP contribution in [0, 0.1) is 5.82 Å². The van der Waals surface area contributed by atoms with Crippen LogP contribution in [-0.4, -0.2) is 42.8 Å². The molecule has 0 bridgehead atoms. The summed E-state index contributed by atoms with van der Waals surface area (Å²) >= 11 is 0. The number of piperazine rings is 1. The molecule has 1 fully saturated rings. The molecular weight excluding hydrogens is 255 g/mol. The second-order valence-corrected chi connectivity index (χ2v) is 4.34. The van der Waals surface area contributed by atoms with Gasteiger partial charge >= 0.3 is 0 Å². The zero-order chi connectivity index (χ0) is 12.1. The van der Waals surface area contributed by atoms with Crippen LogP contribution in [0.15, 0.2) is 24.3 Å². The summed E-state index contributed by atoms with van der Waals surface area (Å²) in [5.41, 5.74) is 0.698. The lowest BCUT2D eigenvalue weighted by Crippen LogP contribution is -2.45. The van der Waals surface area contributed by atoms with Crippen molar-refractivity contribution in [3.05, 3.63) is 35.6 Å². The Balaban J connectivity index is 0.00000162. The zero-order valence-corrected chi connectivity index (χ0v) is 11.1. The normalized spacial score (nSPS) is 18.1. The summed E-state index contributed by atoms with van der Waals surface area (Å²) in [7, 11) is 0. The molecule has 0 unspecified atom stereocenters. The fraction of sp³-hybridized carbons (Fsp3) is 0.538. The molecule has 0 amide bonds. The van der Waals surface area contributed by atoms with Gasteiger partial charge in [0.05, 0.1) is 0 Å². The number of hydrogen-bond donors (Lipinski definition) is 2. The Kier molecular flexibility index (Phi) is 6.57. The number of nitrogens with zero attached hydrogens (tertiary/aromatic N) is 1. The quantitative estimate of drug-likeness (QED) is 0.875. The molecule has 3 nitrogen and oxygen atoms in total. The van der Waals surface area contributed by atoms with Crippen molar-refractivity contribution >= 4 is 12.4 Å². The molecular formula is C13H20ClFN2O. The molecule has 1 atom stereocenters. The van der Waals surface area contributed by atoms with Gasteiger partial charge < -0.3 is 10.4 Å². The number of aliphatic hydroxyl groups is 1. The van der Waals surface area contributed by atoms with Crippen molar-refractivity contribution in [2.75, 3.05) is 32.8 Å². The van der Waals surface area contributed by atoms with Crippen LogP contribution < -0.4 is 5.32 Å². The largest absolute Gasteiger partial charge is 0.396 e. The van der Waals surface area contributed by atoms with Gasteiger partial charge in [0.1, 0.15) is 5.82 Å². The predicted molar refractivity (Wildman–Crippen MR) is 72.5 cm³/mol. The number of hydrogen-bond acceptors (Lipinski definition) is 3. The van der Waals surface area contributed by atoms with Gasteiger partial charge in [-0.1, -0.05) is 18.2 Å². The summed E-state index contributed by atoms with van der Waals surface area (Å²) in [5, 5.41) is 12.4. The van der Waals surface area contributed by atoms with Crippen LogP contribution in [0.25, 0.3) is 0 Å². The van der Waals surface area contributed by atoms with Crippen LogP contribution in [0.1, 0.15) is 18.0 Å². The molecule has 1 aliphatic rings. The van der Waals surface area contributed by atoms with Gasteiger partial charge in [-0.15, -0.1) is 12.4 Å². The first-order valence-electron chi connectivity index (χ1n) is 6.13. The van der Waals surface area contributed by atoms with E-state index in [9.17, 15) is 4.39 Å². The van der Waals surface area contributed by atoms with Crippen LogP contribution in [0.2, 0.25) is 0 Å². The van der Waals surface area contributed by atoms with Gasteiger partial charge in [0, 0.05) is 44.4 Å². The summed E-state index contributed by atoms with van der Waals surface area (Å²) in [6, 6.07) is 6.85. The highest BCUT2D eigenvalue weighted by Crippen LogP contribution is 2.26. The lowest BCUT2D eigenvalue weighted by molar-refractivity contribution is 0.138. The third kappa shape index (κ3) is 3.65. The molecule has 1 heterocycles. The molecule has 102 valence electrons. The minimum atomic E-state index is -0.176. The first-order valence-corrected chi connectivity index (χ1v) is 6.13. The highest BCUT2D eigenvalue weighted by Gasteiger charge is 2.23. The predicted octanol–water partition coefficient (Wildman–Crippen LogP) is 1.58. The fourth-order valence-electron chi connectivity index (χ4n) is 2.40. The lowest BCUT2D eigenvalue weighted by atomic mass is 10.0. The SMILES string of the molecule is Cl.OCC[C@@H](c1ccccc1F)N1CCNCC1. The third-order valence-electron chi connectivity index (χ3n) is 3.26. The van der Waals surface area contributed by atoms with Crippen molar-refractivity contribution in [2.45, 2.75) is 12.5 Å². The van der Waals surface area contributed by atoms with Crippen molar-refractivity contribution in [1.29, 1.82) is 0 Å². The second kappa shape index (κ2) is 7.69. The molecule has 1 aromatic carbocycles. The Hall–Kier alpha value is -0.680. The van der Waals surface area contributed by atoms with Crippen molar-refractivity contribution in [1.82, 2.24) is 10.2 Å². The van der Waals surface area contributed by atoms with Gasteiger partial charge in [-0.05, 0) is 12.5 Å². The molecule has 18 heavy (non-hydrogen) atoms. The van der Waals surface area contributed by atoms with Crippen molar-refractivity contribution in [3.8, 4) is 0 Å². The van der Waals surface area contributed by atoms with Gasteiger partial charge in [-0.2, -0.15) is 0 Å². The third-order valence-corrected chi connectivity index (χ3v) is 3.26. The molecule has 0 spiro atoms. The number of nitrogens with one attached hydrogen (secondary N) is 1. The Labute approximate surface area is 113 Å². The first-order chi connectivity index (χ1) is 8.33. The van der Waals surface area contributed by atoms with Crippen LogP contribution in [0.3, 0.4) is 0 Å². The summed E-state index contributed by atoms with van der Waals surface area (Å²) in [4.78, 5) is 2.24. The summed E-state index contributed by atoms with van der Waals surface area (Å²) in [6.07, 6.45) is 0.584. The van der Waals surface area contributed by atoms with Gasteiger partial charge in [0.25, 0.3) is 0 Å². The standard InChI is InChI=1S/C13H19FN2O.ClH/c14-12-4-2-1-3-11(12)13(5-10-17)16-8-6-15-7-9-16;/h1-4,13,15,17H,5-10H2;1H/t13-;/m0./s1. The maximum atomic E-state index is 13.8. The summed E-state index contributed by atoms with van der Waals surface area (Å²) in [6.45, 7) is 3.74. The van der Waals surface area contributed by atoms with Crippen molar-refractivity contribution in [2.24, 2.45) is 0 Å². The minimum absolute atomic E-state index is 0. The highest BCUT2D eigenvalue weighted by atomic mass is 35.5. The van der Waals surface area contributed by atoms with E-state index in [0.29, 0.717) is 12.0 Å². The van der Waals surface area contributed by atoms with E-state index in [4.69, 9.17) is 5.11 Å². The van der Waals surface area contributed by atoms with Gasteiger partial charge in [-0.3, -0.25) is 4.90 Å². The van der Waals surface area contributed by atoms with E-state index in [0.717, 1.165) is 26.2 Å². The van der Waals surface area contributed by atoms with Crippen molar-refractivity contribution in [3.63, 3.8) is 0 Å². The molecule has 2 N–H and O–H groups in total. The fourth-order valence-corrected chi connectivity index (χ4v) is 2.40. The van der Waals surface area contributed by atoms with E-state index in [1.165, 1.54) is 6.07 Å². The second-order valence-electron chi connectivity index (χ2n) is 4.34. The summed E-state index contributed by atoms with van der Waals surface area (Å²) in [5.74, 6) is -0.176. The minimum Gasteiger partial charge on any atom is -0.396 e. The van der Waals surface area contributed by atoms with Gasteiger partial charge in [-0.25, -0.2) is 4.39 Å². The lowest BCUT2D eigenvalue weighted by Gasteiger charge is -2.35. The Bertz CT molecular complexity index is 359. The smallest absolute Gasteiger partial charge is 0.127 e. The van der Waals surface area contributed by atoms with Crippen LogP contribution in [0.4, 0.5) is 4.39 Å². The molecule has 0 aromatic heterocycles. The van der Waals surface area contributed by atoms with E-state index < -0.39 is 0 Å². The molecule has 0 radical (unpaired) electrons. The Morgan fingerprint density at radius 3 is 2.56 bits per heavy atom. The number of aliphatic hydroxyl groups excluding tert-OH is 1. The molecule has 1 aliphatic heterocycles. The molecule has 1 saturated heterocycles.